The third-order valence-electron chi connectivity index (χ3n) is 2.79. The van der Waals surface area contributed by atoms with Gasteiger partial charge in [0, 0.05) is 0 Å². The zero-order valence-electron chi connectivity index (χ0n) is 11.1. The number of hydrogen-bond acceptors (Lipinski definition) is 0. The molecular weight excluding hydrogens is 192 g/mol. The van der Waals surface area contributed by atoms with E-state index >= 15 is 0 Å². The van der Waals surface area contributed by atoms with Gasteiger partial charge < -0.3 is 0 Å². The van der Waals surface area contributed by atoms with Crippen molar-refractivity contribution in [1.82, 2.24) is 0 Å². The van der Waals surface area contributed by atoms with Gasteiger partial charge in [0.25, 0.3) is 0 Å². The molecule has 0 amide bonds. The molecule has 0 N–H and O–H groups in total. The predicted molar refractivity (Wildman–Crippen MR) is 70.6 cm³/mol. The maximum Gasteiger partial charge on any atom is 0.0623 e. The summed E-state index contributed by atoms with van der Waals surface area (Å²) in [4.78, 5) is 0. The standard InChI is InChI=1S/C16H18/c1-16(2,3)15-11-9-14(10-12-15)13-7-5-4-6-8-13/h4-12H,1-3H3/i5D. The highest BCUT2D eigenvalue weighted by Gasteiger charge is 2.12. The van der Waals surface area contributed by atoms with E-state index in [1.165, 1.54) is 11.1 Å². The van der Waals surface area contributed by atoms with Gasteiger partial charge >= 0.3 is 0 Å². The van der Waals surface area contributed by atoms with Gasteiger partial charge in [0.2, 0.25) is 0 Å². The third-order valence-corrected chi connectivity index (χ3v) is 2.79. The summed E-state index contributed by atoms with van der Waals surface area (Å²) in [6, 6.07) is 16.8. The zero-order chi connectivity index (χ0) is 12.5. The first kappa shape index (κ1) is 9.65. The highest BCUT2D eigenvalue weighted by molar-refractivity contribution is 5.63. The second kappa shape index (κ2) is 4.13. The minimum atomic E-state index is 0.190. The van der Waals surface area contributed by atoms with E-state index in [0.717, 1.165) is 5.56 Å². The van der Waals surface area contributed by atoms with Crippen LogP contribution in [0.1, 0.15) is 27.7 Å². The average Bonchev–Trinajstić information content (AvgIpc) is 2.28. The molecule has 2 aromatic rings. The Balaban J connectivity index is 2.36. The number of rotatable bonds is 1. The van der Waals surface area contributed by atoms with Crippen LogP contribution >= 0.6 is 0 Å². The van der Waals surface area contributed by atoms with Gasteiger partial charge in [0.1, 0.15) is 0 Å². The molecule has 0 saturated heterocycles. The quantitative estimate of drug-likeness (QED) is 0.644. The fourth-order valence-electron chi connectivity index (χ4n) is 1.74. The van der Waals surface area contributed by atoms with Crippen LogP contribution in [-0.2, 0) is 5.41 Å². The molecule has 16 heavy (non-hydrogen) atoms. The minimum Gasteiger partial charge on any atom is -0.0622 e. The van der Waals surface area contributed by atoms with Crippen LogP contribution in [0.2, 0.25) is 0 Å². The van der Waals surface area contributed by atoms with E-state index in [9.17, 15) is 0 Å². The highest BCUT2D eigenvalue weighted by Crippen LogP contribution is 2.25. The number of hydrogen-bond donors (Lipinski definition) is 0. The van der Waals surface area contributed by atoms with E-state index in [1.807, 2.05) is 18.2 Å². The van der Waals surface area contributed by atoms with Crippen molar-refractivity contribution >= 4 is 0 Å². The lowest BCUT2D eigenvalue weighted by Crippen LogP contribution is -2.10. The maximum atomic E-state index is 7.63. The molecule has 0 aromatic heterocycles. The summed E-state index contributed by atoms with van der Waals surface area (Å²) in [6.07, 6.45) is 0. The van der Waals surface area contributed by atoms with Gasteiger partial charge in [-0.1, -0.05) is 75.3 Å². The lowest BCUT2D eigenvalue weighted by Gasteiger charge is -2.19. The van der Waals surface area contributed by atoms with Gasteiger partial charge in [-0.3, -0.25) is 0 Å². The second-order valence-corrected chi connectivity index (χ2v) is 5.12. The van der Waals surface area contributed by atoms with Gasteiger partial charge in [-0.25, -0.2) is 0 Å². The summed E-state index contributed by atoms with van der Waals surface area (Å²) in [5, 5.41) is 0. The van der Waals surface area contributed by atoms with Gasteiger partial charge in [0.05, 0.1) is 1.37 Å². The largest absolute Gasteiger partial charge is 0.0623 e. The molecule has 0 saturated carbocycles. The smallest absolute Gasteiger partial charge is 0.0622 e. The van der Waals surface area contributed by atoms with Gasteiger partial charge in [-0.05, 0) is 22.1 Å². The Bertz CT molecular complexity index is 504. The Morgan fingerprint density at radius 3 is 2.00 bits per heavy atom. The third kappa shape index (κ3) is 2.33. The molecule has 0 nitrogen and oxygen atoms in total. The molecule has 0 radical (unpaired) electrons. The van der Waals surface area contributed by atoms with Crippen molar-refractivity contribution in [2.45, 2.75) is 26.2 Å². The molecule has 0 bridgehead atoms. The van der Waals surface area contributed by atoms with Crippen molar-refractivity contribution in [1.29, 1.82) is 0 Å². The monoisotopic (exact) mass is 211 g/mol. The Labute approximate surface area is 99.4 Å². The Hall–Kier alpha value is -1.56. The Morgan fingerprint density at radius 2 is 1.44 bits per heavy atom. The fraction of sp³-hybridized carbons (Fsp3) is 0.250. The molecule has 0 heterocycles. The molecule has 2 aromatic carbocycles. The lowest BCUT2D eigenvalue weighted by atomic mass is 9.86. The summed E-state index contributed by atoms with van der Waals surface area (Å²) in [5.41, 5.74) is 3.81. The lowest BCUT2D eigenvalue weighted by molar-refractivity contribution is 0.590. The van der Waals surface area contributed by atoms with E-state index < -0.39 is 0 Å². The maximum absolute atomic E-state index is 7.63. The summed E-state index contributed by atoms with van der Waals surface area (Å²) in [5.74, 6) is 0. The molecule has 0 spiro atoms. The molecule has 0 aliphatic rings. The Morgan fingerprint density at radius 1 is 0.812 bits per heavy atom. The van der Waals surface area contributed by atoms with Crippen LogP contribution in [-0.4, -0.2) is 0 Å². The van der Waals surface area contributed by atoms with Crippen molar-refractivity contribution in [2.24, 2.45) is 0 Å². The van der Waals surface area contributed by atoms with E-state index in [4.69, 9.17) is 1.37 Å². The van der Waals surface area contributed by atoms with Crippen LogP contribution in [0.25, 0.3) is 11.1 Å². The molecule has 82 valence electrons. The molecule has 2 rings (SSSR count). The van der Waals surface area contributed by atoms with Crippen LogP contribution in [0, 0.1) is 0 Å². The molecule has 0 heteroatoms. The Kier molecular flexibility index (Phi) is 2.49. The van der Waals surface area contributed by atoms with Crippen LogP contribution in [0.3, 0.4) is 0 Å². The van der Waals surface area contributed by atoms with E-state index in [-0.39, 0.29) is 5.41 Å². The first-order chi connectivity index (χ1) is 7.97. The normalized spacial score (nSPS) is 12.3. The van der Waals surface area contributed by atoms with Crippen LogP contribution in [0.15, 0.2) is 54.6 Å². The average molecular weight is 211 g/mol. The summed E-state index contributed by atoms with van der Waals surface area (Å²) >= 11 is 0. The first-order valence-corrected chi connectivity index (χ1v) is 5.64. The van der Waals surface area contributed by atoms with E-state index in [2.05, 4.69) is 45.0 Å². The molecule has 0 aliphatic carbocycles. The topological polar surface area (TPSA) is 0 Å². The van der Waals surface area contributed by atoms with Crippen molar-refractivity contribution in [3.05, 3.63) is 60.1 Å². The SMILES string of the molecule is [2H]c1cccc(-c2ccc(C(C)(C)C)cc2)c1. The van der Waals surface area contributed by atoms with Crippen molar-refractivity contribution < 1.29 is 1.37 Å². The zero-order valence-corrected chi connectivity index (χ0v) is 10.1. The highest BCUT2D eigenvalue weighted by atomic mass is 14.2. The second-order valence-electron chi connectivity index (χ2n) is 5.12. The van der Waals surface area contributed by atoms with Crippen molar-refractivity contribution in [2.75, 3.05) is 0 Å². The van der Waals surface area contributed by atoms with Crippen LogP contribution in [0.4, 0.5) is 0 Å². The van der Waals surface area contributed by atoms with Crippen molar-refractivity contribution in [3.63, 3.8) is 0 Å². The number of benzene rings is 2. The summed E-state index contributed by atoms with van der Waals surface area (Å²) in [6.45, 7) is 6.64. The summed E-state index contributed by atoms with van der Waals surface area (Å²) < 4.78 is 7.63. The minimum absolute atomic E-state index is 0.190. The molecular formula is C16H18. The van der Waals surface area contributed by atoms with Crippen LogP contribution in [0.5, 0.6) is 0 Å². The summed E-state index contributed by atoms with van der Waals surface area (Å²) in [7, 11) is 0. The van der Waals surface area contributed by atoms with Crippen LogP contribution < -0.4 is 0 Å². The molecule has 0 unspecified atom stereocenters. The molecule has 0 aliphatic heterocycles. The fourth-order valence-corrected chi connectivity index (χ4v) is 1.74. The first-order valence-electron chi connectivity index (χ1n) is 6.14. The van der Waals surface area contributed by atoms with Crippen molar-refractivity contribution in [3.8, 4) is 11.1 Å². The van der Waals surface area contributed by atoms with Gasteiger partial charge in [-0.2, -0.15) is 0 Å². The van der Waals surface area contributed by atoms with Gasteiger partial charge in [-0.15, -0.1) is 0 Å². The molecule has 0 fully saturated rings. The van der Waals surface area contributed by atoms with E-state index in [0.29, 0.717) is 6.04 Å². The van der Waals surface area contributed by atoms with E-state index in [1.54, 1.807) is 6.07 Å². The molecule has 0 atom stereocenters. The van der Waals surface area contributed by atoms with Gasteiger partial charge in [0.15, 0.2) is 0 Å². The predicted octanol–water partition coefficient (Wildman–Crippen LogP) is 4.65.